The van der Waals surface area contributed by atoms with Crippen molar-refractivity contribution >= 4 is 11.4 Å². The number of rotatable bonds is 4. The molecule has 2 N–H and O–H groups in total. The molecule has 0 amide bonds. The number of hydrogen-bond acceptors (Lipinski definition) is 3. The zero-order chi connectivity index (χ0) is 16.5. The lowest BCUT2D eigenvalue weighted by molar-refractivity contribution is -0.137. The molecule has 0 radical (unpaired) electrons. The van der Waals surface area contributed by atoms with Crippen LogP contribution in [-0.2, 0) is 15.7 Å². The number of ether oxygens (including phenoxy) is 1. The molecule has 2 rings (SSSR count). The highest BCUT2D eigenvalue weighted by molar-refractivity contribution is 6.26. The maximum absolute atomic E-state index is 12.8. The van der Waals surface area contributed by atoms with Crippen molar-refractivity contribution in [2.24, 2.45) is 5.73 Å². The molecule has 22 heavy (non-hydrogen) atoms. The average molecular weight is 313 g/mol. The van der Waals surface area contributed by atoms with E-state index in [1.165, 1.54) is 19.1 Å². The molecule has 0 saturated heterocycles. The number of alkyl halides is 3. The quantitative estimate of drug-likeness (QED) is 0.917. The van der Waals surface area contributed by atoms with Crippen molar-refractivity contribution in [1.29, 1.82) is 0 Å². The normalized spacial score (nSPS) is 22.2. The van der Waals surface area contributed by atoms with Crippen LogP contribution in [0.2, 0.25) is 0 Å². The maximum atomic E-state index is 12.8. The first-order valence-electron chi connectivity index (χ1n) is 7.10. The second-order valence-corrected chi connectivity index (χ2v) is 5.52. The van der Waals surface area contributed by atoms with E-state index in [-0.39, 0.29) is 11.1 Å². The Labute approximate surface area is 126 Å². The number of carbonyl (C=O) groups is 1. The van der Waals surface area contributed by atoms with Gasteiger partial charge >= 0.3 is 6.18 Å². The summed E-state index contributed by atoms with van der Waals surface area (Å²) in [5, 5.41) is 0. The number of ketones is 1. The summed E-state index contributed by atoms with van der Waals surface area (Å²) >= 11 is 0. The van der Waals surface area contributed by atoms with E-state index >= 15 is 0 Å². The van der Waals surface area contributed by atoms with Gasteiger partial charge in [-0.05, 0) is 31.0 Å². The number of benzene rings is 1. The summed E-state index contributed by atoms with van der Waals surface area (Å²) < 4.78 is 44.0. The minimum absolute atomic E-state index is 0.157. The van der Waals surface area contributed by atoms with E-state index in [0.717, 1.165) is 25.0 Å². The molecule has 0 saturated carbocycles. The van der Waals surface area contributed by atoms with Gasteiger partial charge in [0.1, 0.15) is 5.76 Å². The fraction of sp³-hybridized carbons (Fsp3) is 0.438. The Kier molecular flexibility index (Phi) is 4.33. The van der Waals surface area contributed by atoms with Gasteiger partial charge in [0.15, 0.2) is 0 Å². The second-order valence-electron chi connectivity index (χ2n) is 5.52. The lowest BCUT2D eigenvalue weighted by Crippen LogP contribution is -2.43. The summed E-state index contributed by atoms with van der Waals surface area (Å²) in [6, 6.07) is 4.68. The van der Waals surface area contributed by atoms with Gasteiger partial charge in [-0.25, -0.2) is 0 Å². The monoisotopic (exact) mass is 313 g/mol. The molecular formula is C16H18F3NO2. The van der Waals surface area contributed by atoms with E-state index in [1.807, 2.05) is 6.92 Å². The lowest BCUT2D eigenvalue weighted by Gasteiger charge is -2.17. The molecule has 120 valence electrons. The summed E-state index contributed by atoms with van der Waals surface area (Å²) in [7, 11) is 0. The summed E-state index contributed by atoms with van der Waals surface area (Å²) in [5.74, 6) is -0.117. The van der Waals surface area contributed by atoms with Gasteiger partial charge in [-0.15, -0.1) is 0 Å². The number of unbranched alkanes of at least 4 members (excludes halogenated alkanes) is 1. The first-order valence-corrected chi connectivity index (χ1v) is 7.10. The van der Waals surface area contributed by atoms with Crippen LogP contribution in [0, 0.1) is 0 Å². The molecule has 1 aliphatic heterocycles. The van der Waals surface area contributed by atoms with E-state index < -0.39 is 23.2 Å². The van der Waals surface area contributed by atoms with Crippen LogP contribution in [0.4, 0.5) is 13.2 Å². The van der Waals surface area contributed by atoms with Crippen molar-refractivity contribution in [3.8, 4) is 0 Å². The predicted octanol–water partition coefficient (Wildman–Crippen LogP) is 3.88. The second kappa shape index (κ2) is 5.76. The van der Waals surface area contributed by atoms with Crippen LogP contribution in [0.3, 0.4) is 0 Å². The van der Waals surface area contributed by atoms with Crippen molar-refractivity contribution in [2.75, 3.05) is 0 Å². The van der Waals surface area contributed by atoms with E-state index in [9.17, 15) is 18.0 Å². The first kappa shape index (κ1) is 16.5. The third kappa shape index (κ3) is 3.16. The maximum Gasteiger partial charge on any atom is 0.416 e. The minimum atomic E-state index is -4.46. The number of halogens is 3. The zero-order valence-electron chi connectivity index (χ0n) is 12.5. The number of hydrogen-bond donors (Lipinski definition) is 1. The molecule has 3 nitrogen and oxygen atoms in total. The Morgan fingerprint density at radius 3 is 2.59 bits per heavy atom. The van der Waals surface area contributed by atoms with Crippen LogP contribution in [0.1, 0.15) is 44.2 Å². The van der Waals surface area contributed by atoms with Gasteiger partial charge in [0.2, 0.25) is 11.5 Å². The highest BCUT2D eigenvalue weighted by atomic mass is 19.4. The van der Waals surface area contributed by atoms with Gasteiger partial charge in [-0.1, -0.05) is 25.5 Å². The molecule has 0 aliphatic carbocycles. The number of allylic oxidation sites excluding steroid dienone is 1. The van der Waals surface area contributed by atoms with Crippen LogP contribution in [0.25, 0.3) is 5.57 Å². The summed E-state index contributed by atoms with van der Waals surface area (Å²) in [6.07, 6.45) is -2.35. The van der Waals surface area contributed by atoms with Crippen molar-refractivity contribution < 1.29 is 22.7 Å². The molecule has 1 atom stereocenters. The van der Waals surface area contributed by atoms with Crippen molar-refractivity contribution in [1.82, 2.24) is 0 Å². The van der Waals surface area contributed by atoms with Crippen molar-refractivity contribution in [3.63, 3.8) is 0 Å². The fourth-order valence-corrected chi connectivity index (χ4v) is 2.38. The molecule has 6 heteroatoms. The third-order valence-corrected chi connectivity index (χ3v) is 3.53. The number of Topliss-reactive ketones (excluding diaryl/α,β-unsaturated/α-hetero) is 1. The van der Waals surface area contributed by atoms with Crippen LogP contribution in [-0.4, -0.2) is 11.5 Å². The minimum Gasteiger partial charge on any atom is -0.469 e. The van der Waals surface area contributed by atoms with Crippen LogP contribution >= 0.6 is 0 Å². The zero-order valence-corrected chi connectivity index (χ0v) is 12.5. The highest BCUT2D eigenvalue weighted by Crippen LogP contribution is 2.38. The van der Waals surface area contributed by atoms with E-state index in [4.69, 9.17) is 10.5 Å². The van der Waals surface area contributed by atoms with Gasteiger partial charge in [0.25, 0.3) is 0 Å². The van der Waals surface area contributed by atoms with E-state index in [0.29, 0.717) is 12.2 Å². The smallest absolute Gasteiger partial charge is 0.416 e. The Morgan fingerprint density at radius 2 is 2.00 bits per heavy atom. The topological polar surface area (TPSA) is 52.3 Å². The Bertz CT molecular complexity index is 618. The molecule has 1 aliphatic rings. The molecule has 1 aromatic rings. The molecule has 0 bridgehead atoms. The standard InChI is InChI=1S/C16H18F3NO2/c1-3-4-8-12-13(14(21)15(2,20)22-12)10-6-5-7-11(9-10)16(17,18)19/h5-7,9H,3-4,8,20H2,1-2H3. The van der Waals surface area contributed by atoms with Crippen LogP contribution < -0.4 is 5.73 Å². The van der Waals surface area contributed by atoms with E-state index in [2.05, 4.69) is 0 Å². The summed E-state index contributed by atoms with van der Waals surface area (Å²) in [4.78, 5) is 12.4. The summed E-state index contributed by atoms with van der Waals surface area (Å²) in [6.45, 7) is 3.39. The molecule has 1 heterocycles. The van der Waals surface area contributed by atoms with Gasteiger partial charge in [-0.2, -0.15) is 13.2 Å². The van der Waals surface area contributed by atoms with Crippen LogP contribution in [0.15, 0.2) is 30.0 Å². The fourth-order valence-electron chi connectivity index (χ4n) is 2.38. The van der Waals surface area contributed by atoms with Gasteiger partial charge in [0, 0.05) is 6.42 Å². The molecule has 1 unspecified atom stereocenters. The third-order valence-electron chi connectivity index (χ3n) is 3.53. The Hall–Kier alpha value is -1.82. The average Bonchev–Trinajstić information content (AvgIpc) is 2.66. The summed E-state index contributed by atoms with van der Waals surface area (Å²) in [5.41, 5.74) is 3.83. The number of carbonyl (C=O) groups excluding carboxylic acids is 1. The molecule has 0 spiro atoms. The van der Waals surface area contributed by atoms with Crippen LogP contribution in [0.5, 0.6) is 0 Å². The van der Waals surface area contributed by atoms with Gasteiger partial charge < -0.3 is 4.74 Å². The predicted molar refractivity (Wildman–Crippen MR) is 76.6 cm³/mol. The molecule has 0 aromatic heterocycles. The lowest BCUT2D eigenvalue weighted by atomic mass is 9.95. The Balaban J connectivity index is 2.49. The van der Waals surface area contributed by atoms with Crippen molar-refractivity contribution in [2.45, 2.75) is 45.0 Å². The van der Waals surface area contributed by atoms with Gasteiger partial charge in [0.05, 0.1) is 11.1 Å². The molecule has 1 aromatic carbocycles. The Morgan fingerprint density at radius 1 is 1.32 bits per heavy atom. The van der Waals surface area contributed by atoms with E-state index in [1.54, 1.807) is 0 Å². The largest absolute Gasteiger partial charge is 0.469 e. The highest BCUT2D eigenvalue weighted by Gasteiger charge is 2.43. The first-order chi connectivity index (χ1) is 10.2. The van der Waals surface area contributed by atoms with Gasteiger partial charge in [-0.3, -0.25) is 10.5 Å². The van der Waals surface area contributed by atoms with Crippen molar-refractivity contribution in [3.05, 3.63) is 41.2 Å². The number of nitrogens with two attached hydrogens (primary N) is 1. The molecule has 0 fully saturated rings. The SMILES string of the molecule is CCCCC1=C(c2cccc(C(F)(F)F)c2)C(=O)C(C)(N)O1. The molecular weight excluding hydrogens is 295 g/mol.